The molecule has 4 heteroatoms. The number of hydrogen-bond donors (Lipinski definition) is 2. The molecule has 0 saturated carbocycles. The van der Waals surface area contributed by atoms with Crippen LogP contribution in [0.2, 0.25) is 0 Å². The summed E-state index contributed by atoms with van der Waals surface area (Å²) in [7, 11) is 0. The maximum absolute atomic E-state index is 9.12. The van der Waals surface area contributed by atoms with Crippen molar-refractivity contribution in [2.45, 2.75) is 12.5 Å². The number of piperidine rings is 1. The quantitative estimate of drug-likeness (QED) is 0.495. The number of aliphatic hydroxyl groups is 1. The Bertz CT molecular complexity index is 169. The van der Waals surface area contributed by atoms with E-state index < -0.39 is 0 Å². The second kappa shape index (κ2) is 2.12. The lowest BCUT2D eigenvalue weighted by Gasteiger charge is -2.22. The zero-order valence-corrected chi connectivity index (χ0v) is 5.58. The predicted molar refractivity (Wildman–Crippen MR) is 35.9 cm³/mol. The van der Waals surface area contributed by atoms with Gasteiger partial charge in [0, 0.05) is 6.54 Å². The van der Waals surface area contributed by atoms with Gasteiger partial charge < -0.3 is 15.3 Å². The van der Waals surface area contributed by atoms with E-state index in [1.165, 1.54) is 0 Å². The first kappa shape index (κ1) is 5.97. The third-order valence-corrected chi connectivity index (χ3v) is 2.04. The fourth-order valence-electron chi connectivity index (χ4n) is 1.43. The van der Waals surface area contributed by atoms with E-state index in [0.29, 0.717) is 0 Å². The maximum atomic E-state index is 9.12. The second-order valence-corrected chi connectivity index (χ2v) is 2.69. The zero-order chi connectivity index (χ0) is 6.97. The van der Waals surface area contributed by atoms with Gasteiger partial charge in [0.1, 0.15) is 0 Å². The van der Waals surface area contributed by atoms with Crippen LogP contribution in [0, 0.1) is 5.92 Å². The number of hydrogen-bond acceptors (Lipinski definition) is 3. The Hall–Kier alpha value is -0.770. The molecule has 1 saturated heterocycles. The van der Waals surface area contributed by atoms with Crippen LogP contribution in [0.25, 0.3) is 0 Å². The molecule has 0 aromatic rings. The monoisotopic (exact) mass is 142 g/mol. The van der Waals surface area contributed by atoms with Gasteiger partial charge >= 0.3 is 0 Å². The largest absolute Gasteiger partial charge is 0.494 e. The van der Waals surface area contributed by atoms with Gasteiger partial charge in [-0.15, -0.1) is 0 Å². The summed E-state index contributed by atoms with van der Waals surface area (Å²) in [4.78, 5) is 4.94. The molecular formula is C6H10N2O2. The van der Waals surface area contributed by atoms with E-state index in [0.717, 1.165) is 19.5 Å². The molecule has 56 valence electrons. The lowest BCUT2D eigenvalue weighted by atomic mass is 9.96. The van der Waals surface area contributed by atoms with Crippen LogP contribution in [-0.2, 0) is 4.84 Å². The molecular weight excluding hydrogens is 132 g/mol. The fraction of sp³-hybridized carbons (Fsp3) is 0.833. The van der Waals surface area contributed by atoms with Gasteiger partial charge in [0.25, 0.3) is 0 Å². The summed E-state index contributed by atoms with van der Waals surface area (Å²) >= 11 is 0. The van der Waals surface area contributed by atoms with E-state index in [9.17, 15) is 0 Å². The Morgan fingerprint density at radius 1 is 1.70 bits per heavy atom. The summed E-state index contributed by atoms with van der Waals surface area (Å²) < 4.78 is 0. The van der Waals surface area contributed by atoms with Crippen molar-refractivity contribution in [3.05, 3.63) is 0 Å². The van der Waals surface area contributed by atoms with Crippen molar-refractivity contribution >= 4 is 5.90 Å². The molecule has 2 aliphatic heterocycles. The fourth-order valence-corrected chi connectivity index (χ4v) is 1.43. The summed E-state index contributed by atoms with van der Waals surface area (Å²) in [6.07, 6.45) is 1.01. The van der Waals surface area contributed by atoms with Crippen LogP contribution < -0.4 is 5.32 Å². The summed E-state index contributed by atoms with van der Waals surface area (Å²) in [6, 6.07) is 0. The first-order valence-corrected chi connectivity index (χ1v) is 3.51. The van der Waals surface area contributed by atoms with Crippen molar-refractivity contribution in [1.29, 1.82) is 0 Å². The van der Waals surface area contributed by atoms with Gasteiger partial charge in [0.15, 0.2) is 6.10 Å². The first-order chi connectivity index (χ1) is 4.88. The summed E-state index contributed by atoms with van der Waals surface area (Å²) in [5, 5.41) is 15.8. The second-order valence-electron chi connectivity index (χ2n) is 2.69. The average molecular weight is 142 g/mol. The van der Waals surface area contributed by atoms with Gasteiger partial charge in [0.2, 0.25) is 5.90 Å². The molecule has 2 aliphatic rings. The van der Waals surface area contributed by atoms with Crippen molar-refractivity contribution in [3.63, 3.8) is 0 Å². The third kappa shape index (κ3) is 0.759. The topological polar surface area (TPSA) is 53.9 Å². The predicted octanol–water partition coefficient (Wildman–Crippen LogP) is -0.134. The first-order valence-electron chi connectivity index (χ1n) is 3.51. The molecule has 2 unspecified atom stereocenters. The molecule has 10 heavy (non-hydrogen) atoms. The number of nitrogens with zero attached hydrogens (tertiary/aromatic N) is 1. The molecule has 0 radical (unpaired) electrons. The smallest absolute Gasteiger partial charge is 0.230 e. The van der Waals surface area contributed by atoms with Crippen LogP contribution in [0.3, 0.4) is 0 Å². The lowest BCUT2D eigenvalue weighted by molar-refractivity contribution is 0.0490. The van der Waals surface area contributed by atoms with Crippen LogP contribution in [0.15, 0.2) is 5.16 Å². The Balaban J connectivity index is 2.08. The Kier molecular flexibility index (Phi) is 1.27. The average Bonchev–Trinajstić information content (AvgIpc) is 2.34. The highest BCUT2D eigenvalue weighted by Gasteiger charge is 2.35. The summed E-state index contributed by atoms with van der Waals surface area (Å²) in [5.41, 5.74) is 0. The Labute approximate surface area is 58.9 Å². The minimum atomic E-state index is 0.0775. The molecule has 4 nitrogen and oxygen atoms in total. The molecule has 2 atom stereocenters. The van der Waals surface area contributed by atoms with E-state index in [1.807, 2.05) is 0 Å². The molecule has 2 N–H and O–H groups in total. The van der Waals surface area contributed by atoms with E-state index in [2.05, 4.69) is 10.5 Å². The summed E-state index contributed by atoms with van der Waals surface area (Å²) in [5.74, 6) is 0.327. The highest BCUT2D eigenvalue weighted by molar-refractivity contribution is 5.78. The number of oxime groups is 1. The van der Waals surface area contributed by atoms with Crippen LogP contribution in [0.4, 0.5) is 0 Å². The number of rotatable bonds is 0. The Morgan fingerprint density at radius 2 is 2.60 bits per heavy atom. The van der Waals surface area contributed by atoms with Crippen LogP contribution >= 0.6 is 0 Å². The van der Waals surface area contributed by atoms with E-state index in [-0.39, 0.29) is 17.9 Å². The van der Waals surface area contributed by atoms with Crippen LogP contribution in [-0.4, -0.2) is 30.2 Å². The van der Waals surface area contributed by atoms with Gasteiger partial charge in [-0.05, 0) is 13.0 Å². The van der Waals surface area contributed by atoms with Crippen LogP contribution in [0.1, 0.15) is 6.42 Å². The molecule has 0 spiro atoms. The zero-order valence-electron chi connectivity index (χ0n) is 5.58. The van der Waals surface area contributed by atoms with Gasteiger partial charge in [-0.25, -0.2) is 0 Å². The molecule has 0 bridgehead atoms. The SMILES string of the molecule is OC1=NOC2CNCCC12. The Morgan fingerprint density at radius 3 is 3.40 bits per heavy atom. The third-order valence-electron chi connectivity index (χ3n) is 2.04. The van der Waals surface area contributed by atoms with Crippen molar-refractivity contribution < 1.29 is 9.94 Å². The van der Waals surface area contributed by atoms with Crippen molar-refractivity contribution in [2.75, 3.05) is 13.1 Å². The molecule has 2 rings (SSSR count). The normalized spacial score (nSPS) is 38.2. The van der Waals surface area contributed by atoms with E-state index in [4.69, 9.17) is 9.94 Å². The van der Waals surface area contributed by atoms with Gasteiger partial charge in [-0.2, -0.15) is 0 Å². The van der Waals surface area contributed by atoms with Gasteiger partial charge in [-0.3, -0.25) is 0 Å². The lowest BCUT2D eigenvalue weighted by Crippen LogP contribution is -2.41. The van der Waals surface area contributed by atoms with Gasteiger partial charge in [-0.1, -0.05) is 5.16 Å². The van der Waals surface area contributed by atoms with Crippen molar-refractivity contribution in [3.8, 4) is 0 Å². The van der Waals surface area contributed by atoms with E-state index >= 15 is 0 Å². The molecule has 0 amide bonds. The molecule has 0 aromatic heterocycles. The molecule has 0 aliphatic carbocycles. The minimum absolute atomic E-state index is 0.0775. The maximum Gasteiger partial charge on any atom is 0.230 e. The molecule has 2 heterocycles. The molecule has 1 fully saturated rings. The van der Waals surface area contributed by atoms with E-state index in [1.54, 1.807) is 0 Å². The standard InChI is InChI=1S/C6H10N2O2/c9-6-4-1-2-7-3-5(4)10-8-6/h4-5,7H,1-3H2,(H,8,9). The number of nitrogens with one attached hydrogen (secondary N) is 1. The highest BCUT2D eigenvalue weighted by atomic mass is 16.7. The minimum Gasteiger partial charge on any atom is -0.494 e. The number of aliphatic hydroxyl groups excluding tert-OH is 1. The van der Waals surface area contributed by atoms with Crippen LogP contribution in [0.5, 0.6) is 0 Å². The van der Waals surface area contributed by atoms with Gasteiger partial charge in [0.05, 0.1) is 5.92 Å². The summed E-state index contributed by atoms with van der Waals surface area (Å²) in [6.45, 7) is 1.75. The van der Waals surface area contributed by atoms with Crippen molar-refractivity contribution in [1.82, 2.24) is 5.32 Å². The highest BCUT2D eigenvalue weighted by Crippen LogP contribution is 2.22. The van der Waals surface area contributed by atoms with Crippen molar-refractivity contribution in [2.24, 2.45) is 11.1 Å². The molecule has 0 aromatic carbocycles. The number of fused-ring (bicyclic) bond motifs is 1.